The highest BCUT2D eigenvalue weighted by Gasteiger charge is 2.41. The summed E-state index contributed by atoms with van der Waals surface area (Å²) >= 11 is 0. The Labute approximate surface area is 177 Å². The van der Waals surface area contributed by atoms with E-state index >= 15 is 0 Å². The number of fused-ring (bicyclic) bond motifs is 3. The van der Waals surface area contributed by atoms with E-state index in [9.17, 15) is 0 Å². The van der Waals surface area contributed by atoms with Crippen LogP contribution >= 0.6 is 0 Å². The van der Waals surface area contributed by atoms with E-state index < -0.39 is 0 Å². The molecule has 0 atom stereocenters. The number of pyridine rings is 1. The van der Waals surface area contributed by atoms with Crippen LogP contribution in [0.3, 0.4) is 0 Å². The number of aromatic amines is 1. The summed E-state index contributed by atoms with van der Waals surface area (Å²) in [4.78, 5) is 8.10. The van der Waals surface area contributed by atoms with Gasteiger partial charge in [-0.3, -0.25) is 0 Å². The number of hydrogen-bond donors (Lipinski definition) is 2. The molecule has 150 valence electrons. The molecule has 0 saturated heterocycles. The molecule has 0 radical (unpaired) electrons. The van der Waals surface area contributed by atoms with E-state index in [1.807, 2.05) is 6.20 Å². The third-order valence-corrected chi connectivity index (χ3v) is 7.13. The minimum Gasteiger partial charge on any atom is -0.375 e. The fourth-order valence-corrected chi connectivity index (χ4v) is 5.57. The lowest BCUT2D eigenvalue weighted by atomic mass is 9.77. The first-order valence-corrected chi connectivity index (χ1v) is 11.2. The van der Waals surface area contributed by atoms with Crippen LogP contribution in [0.4, 0.5) is 0 Å². The van der Waals surface area contributed by atoms with Crippen molar-refractivity contribution in [1.82, 2.24) is 15.3 Å². The second kappa shape index (κ2) is 6.73. The molecule has 1 fully saturated rings. The molecular formula is C27H27N3. The average Bonchev–Trinajstić information content (AvgIpc) is 3.33. The molecule has 1 spiro atoms. The van der Waals surface area contributed by atoms with Crippen molar-refractivity contribution in [2.24, 2.45) is 0 Å². The molecule has 1 aromatic carbocycles. The molecule has 3 aliphatic rings. The summed E-state index contributed by atoms with van der Waals surface area (Å²) in [6, 6.07) is 9.19. The minimum atomic E-state index is 0.0773. The van der Waals surface area contributed by atoms with E-state index in [0.717, 1.165) is 24.2 Å². The van der Waals surface area contributed by atoms with E-state index in [0.29, 0.717) is 0 Å². The minimum absolute atomic E-state index is 0.0773. The van der Waals surface area contributed by atoms with Crippen LogP contribution in [0.15, 0.2) is 61.5 Å². The topological polar surface area (TPSA) is 40.7 Å². The van der Waals surface area contributed by atoms with Crippen molar-refractivity contribution in [3.63, 3.8) is 0 Å². The Morgan fingerprint density at radius 1 is 0.967 bits per heavy atom. The van der Waals surface area contributed by atoms with E-state index in [-0.39, 0.29) is 5.54 Å². The standard InChI is InChI=1S/C27H27N3/c1-18-22-11-10-20(15-25(22)27(30-18)12-6-3-7-13-27)24-17-29-26-23(24)14-21(16-28-26)19-8-4-2-5-9-19/h4,8-11,14-17,30H,1-3,5-7,12-13H2,(H,28,29). The molecule has 3 nitrogen and oxygen atoms in total. The van der Waals surface area contributed by atoms with Gasteiger partial charge in [0.05, 0.1) is 5.54 Å². The molecule has 1 aliphatic heterocycles. The van der Waals surface area contributed by atoms with Gasteiger partial charge in [0.1, 0.15) is 5.65 Å². The van der Waals surface area contributed by atoms with Crippen molar-refractivity contribution in [1.29, 1.82) is 0 Å². The Morgan fingerprint density at radius 2 is 1.87 bits per heavy atom. The predicted octanol–water partition coefficient (Wildman–Crippen LogP) is 6.70. The summed E-state index contributed by atoms with van der Waals surface area (Å²) in [6.45, 7) is 4.31. The molecule has 1 saturated carbocycles. The van der Waals surface area contributed by atoms with Crippen molar-refractivity contribution in [2.45, 2.75) is 50.5 Å². The third kappa shape index (κ3) is 2.68. The lowest BCUT2D eigenvalue weighted by molar-refractivity contribution is 0.276. The smallest absolute Gasteiger partial charge is 0.137 e. The van der Waals surface area contributed by atoms with Crippen LogP contribution in [0.1, 0.15) is 61.6 Å². The van der Waals surface area contributed by atoms with Crippen LogP contribution in [-0.2, 0) is 5.54 Å². The molecule has 30 heavy (non-hydrogen) atoms. The first kappa shape index (κ1) is 17.8. The highest BCUT2D eigenvalue weighted by Crippen LogP contribution is 2.47. The number of nitrogens with zero attached hydrogens (tertiary/aromatic N) is 1. The zero-order chi connectivity index (χ0) is 20.1. The second-order valence-electron chi connectivity index (χ2n) is 8.97. The van der Waals surface area contributed by atoms with E-state index in [2.05, 4.69) is 65.6 Å². The molecular weight excluding hydrogens is 366 g/mol. The van der Waals surface area contributed by atoms with Crippen LogP contribution in [0.2, 0.25) is 0 Å². The Hall–Kier alpha value is -3.07. The number of hydrogen-bond acceptors (Lipinski definition) is 2. The van der Waals surface area contributed by atoms with E-state index in [1.165, 1.54) is 70.9 Å². The summed E-state index contributed by atoms with van der Waals surface area (Å²) in [6.07, 6.45) is 19.4. The molecule has 2 aliphatic carbocycles. The SMILES string of the molecule is C=C1NC2(CCCCC2)c2cc(-c3c[nH]c4ncc(C5=CCCC=C5)cc34)ccc21. The van der Waals surface area contributed by atoms with Gasteiger partial charge in [0, 0.05) is 40.2 Å². The Kier molecular flexibility index (Phi) is 3.98. The summed E-state index contributed by atoms with van der Waals surface area (Å²) in [7, 11) is 0. The van der Waals surface area contributed by atoms with Gasteiger partial charge in [0.15, 0.2) is 0 Å². The predicted molar refractivity (Wildman–Crippen MR) is 125 cm³/mol. The van der Waals surface area contributed by atoms with Crippen LogP contribution < -0.4 is 5.32 Å². The molecule has 3 aromatic rings. The van der Waals surface area contributed by atoms with Crippen LogP contribution in [0, 0.1) is 0 Å². The first-order chi connectivity index (χ1) is 14.7. The average molecular weight is 394 g/mol. The molecule has 3 heteroatoms. The number of rotatable bonds is 2. The van der Waals surface area contributed by atoms with E-state index in [1.54, 1.807) is 0 Å². The van der Waals surface area contributed by atoms with Gasteiger partial charge in [0.2, 0.25) is 0 Å². The summed E-state index contributed by atoms with van der Waals surface area (Å²) < 4.78 is 0. The number of aromatic nitrogens is 2. The van der Waals surface area contributed by atoms with Crippen LogP contribution in [0.5, 0.6) is 0 Å². The molecule has 3 heterocycles. The monoisotopic (exact) mass is 393 g/mol. The quantitative estimate of drug-likeness (QED) is 0.509. The zero-order valence-corrected chi connectivity index (χ0v) is 17.3. The molecule has 6 rings (SSSR count). The first-order valence-electron chi connectivity index (χ1n) is 11.2. The van der Waals surface area contributed by atoms with Crippen molar-refractivity contribution in [2.75, 3.05) is 0 Å². The van der Waals surface area contributed by atoms with Gasteiger partial charge >= 0.3 is 0 Å². The highest BCUT2D eigenvalue weighted by atomic mass is 15.0. The number of nitrogens with one attached hydrogen (secondary N) is 2. The summed E-state index contributed by atoms with van der Waals surface area (Å²) in [5.74, 6) is 0. The molecule has 0 unspecified atom stereocenters. The van der Waals surface area contributed by atoms with Gasteiger partial charge in [-0.05, 0) is 54.5 Å². The maximum absolute atomic E-state index is 4.71. The zero-order valence-electron chi connectivity index (χ0n) is 17.3. The summed E-state index contributed by atoms with van der Waals surface area (Å²) in [5, 5.41) is 4.96. The van der Waals surface area contributed by atoms with Crippen LogP contribution in [0.25, 0.3) is 33.4 Å². The molecule has 2 aromatic heterocycles. The summed E-state index contributed by atoms with van der Waals surface area (Å²) in [5.41, 5.74) is 9.78. The third-order valence-electron chi connectivity index (χ3n) is 7.13. The maximum atomic E-state index is 4.71. The number of allylic oxidation sites excluding steroid dienone is 4. The fourth-order valence-electron chi connectivity index (χ4n) is 5.57. The fraction of sp³-hybridized carbons (Fsp3) is 0.296. The number of H-pyrrole nitrogens is 1. The Morgan fingerprint density at radius 3 is 2.70 bits per heavy atom. The van der Waals surface area contributed by atoms with Crippen molar-refractivity contribution in [3.05, 3.63) is 78.2 Å². The second-order valence-corrected chi connectivity index (χ2v) is 8.97. The number of benzene rings is 1. The maximum Gasteiger partial charge on any atom is 0.137 e. The van der Waals surface area contributed by atoms with Gasteiger partial charge in [-0.2, -0.15) is 0 Å². The van der Waals surface area contributed by atoms with Crippen molar-refractivity contribution < 1.29 is 0 Å². The van der Waals surface area contributed by atoms with Gasteiger partial charge in [0.25, 0.3) is 0 Å². The van der Waals surface area contributed by atoms with Gasteiger partial charge in [-0.25, -0.2) is 4.98 Å². The largest absolute Gasteiger partial charge is 0.375 e. The lowest BCUT2D eigenvalue weighted by Gasteiger charge is -2.35. The Balaban J connectivity index is 1.47. The molecule has 0 amide bonds. The van der Waals surface area contributed by atoms with Crippen molar-refractivity contribution in [3.8, 4) is 11.1 Å². The molecule has 0 bridgehead atoms. The van der Waals surface area contributed by atoms with E-state index in [4.69, 9.17) is 4.98 Å². The van der Waals surface area contributed by atoms with Gasteiger partial charge < -0.3 is 10.3 Å². The highest BCUT2D eigenvalue weighted by molar-refractivity contribution is 5.96. The Bertz CT molecular complexity index is 1220. The normalized spacial score (nSPS) is 19.7. The van der Waals surface area contributed by atoms with Gasteiger partial charge in [-0.1, -0.05) is 56.2 Å². The van der Waals surface area contributed by atoms with Crippen LogP contribution in [-0.4, -0.2) is 9.97 Å². The molecule has 2 N–H and O–H groups in total. The van der Waals surface area contributed by atoms with Crippen molar-refractivity contribution >= 4 is 22.3 Å². The lowest BCUT2D eigenvalue weighted by Crippen LogP contribution is -2.38. The van der Waals surface area contributed by atoms with Gasteiger partial charge in [-0.15, -0.1) is 0 Å².